The van der Waals surface area contributed by atoms with Gasteiger partial charge in [-0.3, -0.25) is 4.79 Å². The Morgan fingerprint density at radius 2 is 2.21 bits per heavy atom. The van der Waals surface area contributed by atoms with E-state index < -0.39 is 0 Å². The molecule has 0 atom stereocenters. The van der Waals surface area contributed by atoms with E-state index in [4.69, 9.17) is 4.42 Å². The molecule has 2 rings (SSSR count). The zero-order valence-electron chi connectivity index (χ0n) is 7.41. The van der Waals surface area contributed by atoms with Gasteiger partial charge in [-0.2, -0.15) is 11.3 Å². The van der Waals surface area contributed by atoms with Gasteiger partial charge in [-0.1, -0.05) is 0 Å². The second-order valence-corrected chi connectivity index (χ2v) is 4.47. The van der Waals surface area contributed by atoms with Gasteiger partial charge in [0.2, 0.25) is 5.78 Å². The maximum Gasteiger partial charge on any atom is 0.230 e. The predicted octanol–water partition coefficient (Wildman–Crippen LogP) is 3.64. The van der Waals surface area contributed by atoms with Gasteiger partial charge in [-0.25, -0.2) is 0 Å². The second-order valence-electron chi connectivity index (χ2n) is 2.87. The average Bonchev–Trinajstić information content (AvgIpc) is 2.73. The Balaban J connectivity index is 2.38. The highest BCUT2D eigenvalue weighted by molar-refractivity contribution is 9.10. The molecule has 0 fully saturated rings. The Kier molecular flexibility index (Phi) is 2.56. The minimum Gasteiger partial charge on any atom is -0.458 e. The van der Waals surface area contributed by atoms with E-state index >= 15 is 0 Å². The number of thiophene rings is 1. The SMILES string of the molecule is Cc1ccc(C(=O)c2cscc2Br)o1. The normalized spacial score (nSPS) is 10.4. The van der Waals surface area contributed by atoms with Gasteiger partial charge in [0, 0.05) is 15.2 Å². The molecule has 0 aromatic carbocycles. The minimum atomic E-state index is -0.0776. The number of rotatable bonds is 2. The first-order valence-electron chi connectivity index (χ1n) is 4.01. The van der Waals surface area contributed by atoms with Gasteiger partial charge in [-0.15, -0.1) is 0 Å². The highest BCUT2D eigenvalue weighted by Gasteiger charge is 2.16. The van der Waals surface area contributed by atoms with E-state index in [1.807, 2.05) is 17.7 Å². The van der Waals surface area contributed by atoms with Gasteiger partial charge in [0.25, 0.3) is 0 Å². The Hall–Kier alpha value is -0.870. The van der Waals surface area contributed by atoms with Crippen LogP contribution >= 0.6 is 27.3 Å². The number of halogens is 1. The van der Waals surface area contributed by atoms with Crippen molar-refractivity contribution in [2.24, 2.45) is 0 Å². The van der Waals surface area contributed by atoms with E-state index in [0.29, 0.717) is 11.3 Å². The number of aryl methyl sites for hydroxylation is 1. The van der Waals surface area contributed by atoms with Gasteiger partial charge in [0.15, 0.2) is 5.76 Å². The van der Waals surface area contributed by atoms with Gasteiger partial charge in [0.05, 0.1) is 5.56 Å². The fourth-order valence-corrected chi connectivity index (χ4v) is 2.59. The number of hydrogen-bond donors (Lipinski definition) is 0. The number of ketones is 1. The number of carbonyl (C=O) groups excluding carboxylic acids is 1. The molecule has 2 heterocycles. The van der Waals surface area contributed by atoms with Crippen LogP contribution in [0.5, 0.6) is 0 Å². The maximum atomic E-state index is 11.8. The van der Waals surface area contributed by atoms with Crippen LogP contribution in [0.25, 0.3) is 0 Å². The van der Waals surface area contributed by atoms with E-state index in [1.54, 1.807) is 12.1 Å². The molecule has 0 aliphatic carbocycles. The van der Waals surface area contributed by atoms with Gasteiger partial charge in [-0.05, 0) is 35.0 Å². The van der Waals surface area contributed by atoms with Gasteiger partial charge < -0.3 is 4.42 Å². The lowest BCUT2D eigenvalue weighted by atomic mass is 10.2. The van der Waals surface area contributed by atoms with Crippen molar-refractivity contribution < 1.29 is 9.21 Å². The first kappa shape index (κ1) is 9.68. The van der Waals surface area contributed by atoms with Crippen LogP contribution in [0.4, 0.5) is 0 Å². The van der Waals surface area contributed by atoms with Crippen LogP contribution < -0.4 is 0 Å². The van der Waals surface area contributed by atoms with E-state index in [1.165, 1.54) is 11.3 Å². The highest BCUT2D eigenvalue weighted by Crippen LogP contribution is 2.24. The first-order chi connectivity index (χ1) is 6.68. The number of hydrogen-bond acceptors (Lipinski definition) is 3. The maximum absolute atomic E-state index is 11.8. The molecule has 0 saturated carbocycles. The molecule has 0 saturated heterocycles. The van der Waals surface area contributed by atoms with Crippen molar-refractivity contribution in [1.82, 2.24) is 0 Å². The summed E-state index contributed by atoms with van der Waals surface area (Å²) >= 11 is 4.81. The molecule has 0 bridgehead atoms. The molecule has 0 spiro atoms. The molecule has 4 heteroatoms. The van der Waals surface area contributed by atoms with Crippen LogP contribution in [0, 0.1) is 6.92 Å². The van der Waals surface area contributed by atoms with E-state index in [2.05, 4.69) is 15.9 Å². The lowest BCUT2D eigenvalue weighted by molar-refractivity contribution is 0.101. The van der Waals surface area contributed by atoms with Crippen LogP contribution in [0.3, 0.4) is 0 Å². The average molecular weight is 271 g/mol. The van der Waals surface area contributed by atoms with Crippen molar-refractivity contribution in [3.63, 3.8) is 0 Å². The summed E-state index contributed by atoms with van der Waals surface area (Å²) in [6, 6.07) is 3.48. The molecule has 0 radical (unpaired) electrons. The fourth-order valence-electron chi connectivity index (χ4n) is 1.13. The van der Waals surface area contributed by atoms with E-state index in [-0.39, 0.29) is 5.78 Å². The topological polar surface area (TPSA) is 30.2 Å². The van der Waals surface area contributed by atoms with Crippen molar-refractivity contribution in [3.8, 4) is 0 Å². The molecular formula is C10H7BrO2S. The largest absolute Gasteiger partial charge is 0.458 e. The van der Waals surface area contributed by atoms with Crippen LogP contribution in [-0.4, -0.2) is 5.78 Å². The highest BCUT2D eigenvalue weighted by atomic mass is 79.9. The van der Waals surface area contributed by atoms with Crippen LogP contribution in [0.2, 0.25) is 0 Å². The summed E-state index contributed by atoms with van der Waals surface area (Å²) in [5, 5.41) is 3.69. The summed E-state index contributed by atoms with van der Waals surface area (Å²) in [7, 11) is 0. The Morgan fingerprint density at radius 3 is 2.71 bits per heavy atom. The van der Waals surface area contributed by atoms with Crippen molar-refractivity contribution in [3.05, 3.63) is 44.4 Å². The summed E-state index contributed by atoms with van der Waals surface area (Å²) in [6.45, 7) is 1.82. The number of carbonyl (C=O) groups is 1. The molecule has 2 aromatic rings. The molecule has 0 aliphatic heterocycles. The third kappa shape index (κ3) is 1.67. The van der Waals surface area contributed by atoms with Crippen molar-refractivity contribution >= 4 is 33.0 Å². The summed E-state index contributed by atoms with van der Waals surface area (Å²) < 4.78 is 6.08. The molecule has 0 unspecified atom stereocenters. The first-order valence-corrected chi connectivity index (χ1v) is 5.75. The Morgan fingerprint density at radius 1 is 1.43 bits per heavy atom. The van der Waals surface area contributed by atoms with Crippen molar-refractivity contribution in [2.75, 3.05) is 0 Å². The van der Waals surface area contributed by atoms with Crippen LogP contribution in [0.1, 0.15) is 21.9 Å². The summed E-state index contributed by atoms with van der Waals surface area (Å²) in [6.07, 6.45) is 0. The van der Waals surface area contributed by atoms with Gasteiger partial charge in [0.1, 0.15) is 5.76 Å². The lowest BCUT2D eigenvalue weighted by Gasteiger charge is -1.93. The monoisotopic (exact) mass is 270 g/mol. The molecule has 0 aliphatic rings. The predicted molar refractivity (Wildman–Crippen MR) is 58.9 cm³/mol. The quantitative estimate of drug-likeness (QED) is 0.780. The Bertz CT molecular complexity index is 470. The zero-order valence-corrected chi connectivity index (χ0v) is 9.81. The van der Waals surface area contributed by atoms with E-state index in [0.717, 1.165) is 10.2 Å². The zero-order chi connectivity index (χ0) is 10.1. The third-order valence-electron chi connectivity index (χ3n) is 1.82. The molecule has 2 aromatic heterocycles. The van der Waals surface area contributed by atoms with Gasteiger partial charge >= 0.3 is 0 Å². The van der Waals surface area contributed by atoms with Crippen LogP contribution in [-0.2, 0) is 0 Å². The van der Waals surface area contributed by atoms with Crippen molar-refractivity contribution in [1.29, 1.82) is 0 Å². The Labute approximate surface area is 93.7 Å². The van der Waals surface area contributed by atoms with Crippen LogP contribution in [0.15, 0.2) is 31.8 Å². The van der Waals surface area contributed by atoms with Crippen molar-refractivity contribution in [2.45, 2.75) is 6.92 Å². The summed E-state index contributed by atoms with van der Waals surface area (Å²) in [5.74, 6) is 1.06. The summed E-state index contributed by atoms with van der Waals surface area (Å²) in [5.41, 5.74) is 0.657. The molecule has 2 nitrogen and oxygen atoms in total. The molecular weight excluding hydrogens is 264 g/mol. The summed E-state index contributed by atoms with van der Waals surface area (Å²) in [4.78, 5) is 11.8. The standard InChI is InChI=1S/C10H7BrO2S/c1-6-2-3-9(13-6)10(12)7-4-14-5-8(7)11/h2-5H,1H3. The third-order valence-corrected chi connectivity index (χ3v) is 3.53. The smallest absolute Gasteiger partial charge is 0.230 e. The second kappa shape index (κ2) is 3.71. The molecule has 14 heavy (non-hydrogen) atoms. The molecule has 0 amide bonds. The number of furan rings is 1. The fraction of sp³-hybridized carbons (Fsp3) is 0.100. The molecule has 72 valence electrons. The molecule has 0 N–H and O–H groups in total. The minimum absolute atomic E-state index is 0.0776. The van der Waals surface area contributed by atoms with E-state index in [9.17, 15) is 4.79 Å². The lowest BCUT2D eigenvalue weighted by Crippen LogP contribution is -1.97.